The molecule has 3 N–H and O–H groups in total. The number of aromatic nitrogens is 1. The van der Waals surface area contributed by atoms with Crippen LogP contribution in [0, 0.1) is 5.92 Å². The van der Waals surface area contributed by atoms with Crippen molar-refractivity contribution < 1.29 is 9.53 Å². The number of aliphatic imine (C=N–C) groups is 1. The summed E-state index contributed by atoms with van der Waals surface area (Å²) in [5.74, 6) is -0.0188. The Bertz CT molecular complexity index is 890. The first-order chi connectivity index (χ1) is 13.1. The molecule has 1 unspecified atom stereocenters. The van der Waals surface area contributed by atoms with Gasteiger partial charge >= 0.3 is 0 Å². The van der Waals surface area contributed by atoms with Crippen LogP contribution in [-0.4, -0.2) is 35.8 Å². The Morgan fingerprint density at radius 3 is 3.07 bits per heavy atom. The number of halogens is 1. The largest absolute Gasteiger partial charge is 0.381 e. The number of amidine groups is 1. The fourth-order valence-electron chi connectivity index (χ4n) is 3.55. The molecule has 1 amide bonds. The normalized spacial score (nSPS) is 24.6. The number of nitrogens with one attached hydrogen (secondary N) is 1. The van der Waals surface area contributed by atoms with Gasteiger partial charge in [-0.1, -0.05) is 35.5 Å². The van der Waals surface area contributed by atoms with E-state index in [-0.39, 0.29) is 16.6 Å². The molecule has 2 aromatic rings. The summed E-state index contributed by atoms with van der Waals surface area (Å²) in [4.78, 5) is 20.9. The molecule has 6 nitrogen and oxygen atoms in total. The van der Waals surface area contributed by atoms with E-state index in [1.807, 2.05) is 18.2 Å². The molecular formula is C19H19ClN4O2S. The number of benzene rings is 1. The molecule has 0 spiro atoms. The predicted octanol–water partition coefficient (Wildman–Crippen LogP) is 3.28. The minimum Gasteiger partial charge on any atom is -0.381 e. The maximum atomic E-state index is 12.5. The molecule has 2 atom stereocenters. The lowest BCUT2D eigenvalue weighted by molar-refractivity contribution is 0.0328. The van der Waals surface area contributed by atoms with Gasteiger partial charge in [-0.05, 0) is 36.2 Å². The highest BCUT2D eigenvalue weighted by Crippen LogP contribution is 2.50. The molecule has 27 heavy (non-hydrogen) atoms. The van der Waals surface area contributed by atoms with Gasteiger partial charge in [0.1, 0.15) is 5.69 Å². The van der Waals surface area contributed by atoms with Gasteiger partial charge in [0, 0.05) is 31.0 Å². The van der Waals surface area contributed by atoms with Crippen LogP contribution < -0.4 is 11.1 Å². The van der Waals surface area contributed by atoms with Crippen molar-refractivity contribution in [3.63, 3.8) is 0 Å². The second-order valence-electron chi connectivity index (χ2n) is 6.59. The van der Waals surface area contributed by atoms with E-state index < -0.39 is 0 Å². The van der Waals surface area contributed by atoms with Gasteiger partial charge in [0.15, 0.2) is 5.17 Å². The number of nitrogens with two attached hydrogens (primary N) is 1. The van der Waals surface area contributed by atoms with E-state index in [4.69, 9.17) is 22.1 Å². The number of carbonyl (C=O) groups is 1. The van der Waals surface area contributed by atoms with E-state index >= 15 is 0 Å². The summed E-state index contributed by atoms with van der Waals surface area (Å²) in [6.07, 6.45) is 2.31. The Hall–Kier alpha value is -2.09. The van der Waals surface area contributed by atoms with E-state index in [1.165, 1.54) is 6.20 Å². The quantitative estimate of drug-likeness (QED) is 0.822. The number of rotatable bonds is 3. The molecule has 0 saturated carbocycles. The summed E-state index contributed by atoms with van der Waals surface area (Å²) in [5, 5.41) is 4.01. The summed E-state index contributed by atoms with van der Waals surface area (Å²) >= 11 is 7.44. The summed E-state index contributed by atoms with van der Waals surface area (Å²) in [6.45, 7) is 2.00. The number of anilines is 1. The Morgan fingerprint density at radius 2 is 2.26 bits per heavy atom. The number of ether oxygens (including phenoxy) is 1. The standard InChI is InChI=1S/C19H19ClN4O2S/c20-14-4-5-16(22-10-14)17(25)24-15-3-1-2-12(8-15)19-6-7-26-11-13(19)9-23-18(21)27-19/h1-5,8,10,13H,6-7,9,11H2,(H2,21,23)(H,24,25)/t13?,19-/m1/s1. The van der Waals surface area contributed by atoms with Crippen LogP contribution in [-0.2, 0) is 9.48 Å². The molecule has 2 aliphatic rings. The number of fused-ring (bicyclic) bond motifs is 1. The van der Waals surface area contributed by atoms with Crippen molar-refractivity contribution in [1.29, 1.82) is 0 Å². The number of nitrogens with zero attached hydrogens (tertiary/aromatic N) is 2. The lowest BCUT2D eigenvalue weighted by Crippen LogP contribution is -2.46. The molecule has 3 heterocycles. The zero-order valence-electron chi connectivity index (χ0n) is 14.5. The second-order valence-corrected chi connectivity index (χ2v) is 8.38. The van der Waals surface area contributed by atoms with Crippen LogP contribution in [0.25, 0.3) is 0 Å². The van der Waals surface area contributed by atoms with Crippen LogP contribution in [0.4, 0.5) is 5.69 Å². The topological polar surface area (TPSA) is 89.6 Å². The van der Waals surface area contributed by atoms with Gasteiger partial charge in [0.05, 0.1) is 16.4 Å². The average Bonchev–Trinajstić information content (AvgIpc) is 2.68. The number of hydrogen-bond acceptors (Lipinski definition) is 6. The van der Waals surface area contributed by atoms with Crippen molar-refractivity contribution in [1.82, 2.24) is 4.98 Å². The third-order valence-corrected chi connectivity index (χ3v) is 6.62. The van der Waals surface area contributed by atoms with E-state index in [2.05, 4.69) is 21.4 Å². The molecule has 1 aromatic heterocycles. The van der Waals surface area contributed by atoms with Crippen LogP contribution in [0.1, 0.15) is 22.5 Å². The molecule has 140 valence electrons. The van der Waals surface area contributed by atoms with Crippen LogP contribution in [0.15, 0.2) is 47.6 Å². The van der Waals surface area contributed by atoms with Crippen molar-refractivity contribution in [3.8, 4) is 0 Å². The lowest BCUT2D eigenvalue weighted by atomic mass is 9.81. The van der Waals surface area contributed by atoms with E-state index in [0.29, 0.717) is 35.6 Å². The van der Waals surface area contributed by atoms with Crippen molar-refractivity contribution in [2.45, 2.75) is 11.2 Å². The number of hydrogen-bond donors (Lipinski definition) is 2. The number of thioether (sulfide) groups is 1. The van der Waals surface area contributed by atoms with Crippen LogP contribution in [0.3, 0.4) is 0 Å². The molecular weight excluding hydrogens is 384 g/mol. The van der Waals surface area contributed by atoms with Crippen LogP contribution >= 0.6 is 23.4 Å². The number of pyridine rings is 1. The predicted molar refractivity (Wildman–Crippen MR) is 108 cm³/mol. The molecule has 4 rings (SSSR count). The molecule has 0 aliphatic carbocycles. The molecule has 0 bridgehead atoms. The maximum Gasteiger partial charge on any atom is 0.274 e. The van der Waals surface area contributed by atoms with Gasteiger partial charge in [-0.25, -0.2) is 4.98 Å². The molecule has 1 fully saturated rings. The van der Waals surface area contributed by atoms with E-state index in [1.54, 1.807) is 23.9 Å². The van der Waals surface area contributed by atoms with Gasteiger partial charge in [0.25, 0.3) is 5.91 Å². The molecule has 1 aromatic carbocycles. The summed E-state index contributed by atoms with van der Waals surface area (Å²) in [7, 11) is 0. The van der Waals surface area contributed by atoms with Crippen molar-refractivity contribution in [2.24, 2.45) is 16.6 Å². The average molecular weight is 403 g/mol. The zero-order valence-corrected chi connectivity index (χ0v) is 16.1. The molecule has 2 aliphatic heterocycles. The van der Waals surface area contributed by atoms with Gasteiger partial charge < -0.3 is 15.8 Å². The minimum atomic E-state index is -0.276. The highest BCUT2D eigenvalue weighted by molar-refractivity contribution is 8.14. The summed E-state index contributed by atoms with van der Waals surface area (Å²) in [6, 6.07) is 11.2. The van der Waals surface area contributed by atoms with Crippen molar-refractivity contribution in [2.75, 3.05) is 25.1 Å². The van der Waals surface area contributed by atoms with Gasteiger partial charge in [-0.15, -0.1) is 0 Å². The second kappa shape index (κ2) is 7.50. The maximum absolute atomic E-state index is 12.5. The number of carbonyl (C=O) groups excluding carboxylic acids is 1. The van der Waals surface area contributed by atoms with Crippen LogP contribution in [0.5, 0.6) is 0 Å². The Balaban J connectivity index is 1.61. The SMILES string of the molecule is NC1=NCC2COCC[C@]2(c2cccc(NC(=O)c3ccc(Cl)cn3)c2)S1. The van der Waals surface area contributed by atoms with Gasteiger partial charge in [-0.3, -0.25) is 9.79 Å². The van der Waals surface area contributed by atoms with E-state index in [9.17, 15) is 4.79 Å². The van der Waals surface area contributed by atoms with E-state index in [0.717, 1.165) is 17.7 Å². The number of amides is 1. The molecule has 8 heteroatoms. The summed E-state index contributed by atoms with van der Waals surface area (Å²) in [5.41, 5.74) is 8.21. The Labute approximate surface area is 166 Å². The highest BCUT2D eigenvalue weighted by Gasteiger charge is 2.46. The molecule has 0 radical (unpaired) electrons. The van der Waals surface area contributed by atoms with Gasteiger partial charge in [-0.2, -0.15) is 0 Å². The third-order valence-electron chi connectivity index (χ3n) is 4.92. The van der Waals surface area contributed by atoms with Crippen molar-refractivity contribution in [3.05, 3.63) is 58.9 Å². The molecule has 1 saturated heterocycles. The Morgan fingerprint density at radius 1 is 1.37 bits per heavy atom. The Kier molecular flexibility index (Phi) is 5.08. The minimum absolute atomic E-state index is 0.177. The lowest BCUT2D eigenvalue weighted by Gasteiger charge is -2.45. The zero-order chi connectivity index (χ0) is 18.9. The van der Waals surface area contributed by atoms with Crippen LogP contribution in [0.2, 0.25) is 5.02 Å². The first kappa shape index (κ1) is 18.3. The fraction of sp³-hybridized carbons (Fsp3) is 0.316. The third kappa shape index (κ3) is 3.67. The summed E-state index contributed by atoms with van der Waals surface area (Å²) < 4.78 is 5.49. The first-order valence-electron chi connectivity index (χ1n) is 8.67. The first-order valence-corrected chi connectivity index (χ1v) is 9.86. The fourth-order valence-corrected chi connectivity index (χ4v) is 4.91. The van der Waals surface area contributed by atoms with Crippen molar-refractivity contribution >= 4 is 40.1 Å². The highest BCUT2D eigenvalue weighted by atomic mass is 35.5. The smallest absolute Gasteiger partial charge is 0.274 e. The van der Waals surface area contributed by atoms with Gasteiger partial charge in [0.2, 0.25) is 0 Å². The monoisotopic (exact) mass is 402 g/mol.